The zero-order valence-corrected chi connectivity index (χ0v) is 7.66. The van der Waals surface area contributed by atoms with E-state index < -0.39 is 0 Å². The minimum Gasteiger partial charge on any atom is -0.472 e. The van der Waals surface area contributed by atoms with Gasteiger partial charge in [0, 0.05) is 0 Å². The lowest BCUT2D eigenvalue weighted by atomic mass is 9.94. The van der Waals surface area contributed by atoms with Gasteiger partial charge in [-0.2, -0.15) is 0 Å². The van der Waals surface area contributed by atoms with Crippen LogP contribution in [0.25, 0.3) is 0 Å². The number of aliphatic hydroxyl groups is 1. The highest BCUT2D eigenvalue weighted by atomic mass is 16.3. The lowest BCUT2D eigenvalue weighted by Crippen LogP contribution is -2.17. The van der Waals surface area contributed by atoms with Gasteiger partial charge in [-0.25, -0.2) is 0 Å². The van der Waals surface area contributed by atoms with Gasteiger partial charge in [-0.1, -0.05) is 13.3 Å². The van der Waals surface area contributed by atoms with Crippen LogP contribution in [-0.4, -0.2) is 11.2 Å². The van der Waals surface area contributed by atoms with Gasteiger partial charge in [0.2, 0.25) is 0 Å². The van der Waals surface area contributed by atoms with Gasteiger partial charge in [0.25, 0.3) is 0 Å². The van der Waals surface area contributed by atoms with Crippen molar-refractivity contribution in [3.63, 3.8) is 0 Å². The summed E-state index contributed by atoms with van der Waals surface area (Å²) in [5.41, 5.74) is 1.17. The van der Waals surface area contributed by atoms with E-state index in [0.717, 1.165) is 12.8 Å². The molecule has 0 saturated heterocycles. The second kappa shape index (κ2) is 4.31. The Kier molecular flexibility index (Phi) is 3.35. The third-order valence-electron chi connectivity index (χ3n) is 2.28. The first-order valence-corrected chi connectivity index (χ1v) is 4.43. The Morgan fingerprint density at radius 1 is 1.58 bits per heavy atom. The third-order valence-corrected chi connectivity index (χ3v) is 2.28. The minimum atomic E-state index is -0.232. The molecule has 68 valence electrons. The van der Waals surface area contributed by atoms with E-state index in [1.54, 1.807) is 12.5 Å². The smallest absolute Gasteiger partial charge is 0.0934 e. The van der Waals surface area contributed by atoms with E-state index >= 15 is 0 Å². The lowest BCUT2D eigenvalue weighted by Gasteiger charge is -2.16. The van der Waals surface area contributed by atoms with Crippen molar-refractivity contribution < 1.29 is 9.52 Å². The first kappa shape index (κ1) is 9.33. The van der Waals surface area contributed by atoms with Gasteiger partial charge in [-0.3, -0.25) is 0 Å². The molecule has 0 saturated carbocycles. The molecule has 0 amide bonds. The standard InChI is InChI=1S/C10H16O2/c1-3-10(8(2)11)6-9-4-5-12-7-9/h4-5,7-8,10-11H,3,6H2,1-2H3. The average Bonchev–Trinajstić information content (AvgIpc) is 2.51. The SMILES string of the molecule is CCC(Cc1ccoc1)C(C)O. The molecule has 1 heterocycles. The molecule has 0 spiro atoms. The molecular weight excluding hydrogens is 152 g/mol. The highest BCUT2D eigenvalue weighted by molar-refractivity contribution is 5.06. The number of hydrogen-bond acceptors (Lipinski definition) is 2. The summed E-state index contributed by atoms with van der Waals surface area (Å²) in [6.07, 6.45) is 5.09. The van der Waals surface area contributed by atoms with Gasteiger partial charge in [-0.05, 0) is 30.9 Å². The summed E-state index contributed by atoms with van der Waals surface area (Å²) in [6, 6.07) is 1.95. The Hall–Kier alpha value is -0.760. The molecule has 0 aliphatic rings. The fraction of sp³-hybridized carbons (Fsp3) is 0.600. The largest absolute Gasteiger partial charge is 0.472 e. The van der Waals surface area contributed by atoms with Crippen molar-refractivity contribution >= 4 is 0 Å². The molecule has 0 bridgehead atoms. The number of rotatable bonds is 4. The Bertz CT molecular complexity index is 202. The number of hydrogen-bond donors (Lipinski definition) is 1. The fourth-order valence-corrected chi connectivity index (χ4v) is 1.37. The van der Waals surface area contributed by atoms with Crippen molar-refractivity contribution in [3.8, 4) is 0 Å². The average molecular weight is 168 g/mol. The quantitative estimate of drug-likeness (QED) is 0.747. The molecule has 1 N–H and O–H groups in total. The van der Waals surface area contributed by atoms with Crippen LogP contribution in [0.4, 0.5) is 0 Å². The van der Waals surface area contributed by atoms with E-state index in [2.05, 4.69) is 6.92 Å². The van der Waals surface area contributed by atoms with Crippen LogP contribution in [0.15, 0.2) is 23.0 Å². The van der Waals surface area contributed by atoms with E-state index in [0.29, 0.717) is 5.92 Å². The molecule has 2 unspecified atom stereocenters. The monoisotopic (exact) mass is 168 g/mol. The Morgan fingerprint density at radius 2 is 2.33 bits per heavy atom. The first-order chi connectivity index (χ1) is 5.74. The van der Waals surface area contributed by atoms with Crippen LogP contribution >= 0.6 is 0 Å². The van der Waals surface area contributed by atoms with E-state index in [1.165, 1.54) is 5.56 Å². The summed E-state index contributed by atoms with van der Waals surface area (Å²) in [7, 11) is 0. The molecule has 0 aliphatic heterocycles. The Labute approximate surface area is 73.2 Å². The Balaban J connectivity index is 2.48. The molecule has 0 radical (unpaired) electrons. The normalized spacial score (nSPS) is 15.9. The summed E-state index contributed by atoms with van der Waals surface area (Å²) in [4.78, 5) is 0. The summed E-state index contributed by atoms with van der Waals surface area (Å²) in [5.74, 6) is 0.350. The molecule has 0 aliphatic carbocycles. The molecule has 2 heteroatoms. The van der Waals surface area contributed by atoms with Gasteiger partial charge in [0.1, 0.15) is 0 Å². The van der Waals surface area contributed by atoms with Crippen LogP contribution in [0, 0.1) is 5.92 Å². The second-order valence-corrected chi connectivity index (χ2v) is 3.24. The second-order valence-electron chi connectivity index (χ2n) is 3.24. The topological polar surface area (TPSA) is 33.4 Å². The predicted octanol–water partition coefficient (Wildman–Crippen LogP) is 2.23. The fourth-order valence-electron chi connectivity index (χ4n) is 1.37. The summed E-state index contributed by atoms with van der Waals surface area (Å²) < 4.78 is 4.96. The first-order valence-electron chi connectivity index (χ1n) is 4.43. The van der Waals surface area contributed by atoms with Crippen molar-refractivity contribution in [1.82, 2.24) is 0 Å². The van der Waals surface area contributed by atoms with E-state index in [1.807, 2.05) is 13.0 Å². The van der Waals surface area contributed by atoms with Crippen molar-refractivity contribution in [2.24, 2.45) is 5.92 Å². The van der Waals surface area contributed by atoms with Crippen LogP contribution in [0.3, 0.4) is 0 Å². The molecule has 0 fully saturated rings. The summed E-state index contributed by atoms with van der Waals surface area (Å²) in [6.45, 7) is 3.94. The lowest BCUT2D eigenvalue weighted by molar-refractivity contribution is 0.123. The van der Waals surface area contributed by atoms with Crippen molar-refractivity contribution in [2.75, 3.05) is 0 Å². The van der Waals surface area contributed by atoms with Crippen molar-refractivity contribution in [2.45, 2.75) is 32.8 Å². The predicted molar refractivity (Wildman–Crippen MR) is 47.9 cm³/mol. The molecule has 2 atom stereocenters. The maximum absolute atomic E-state index is 9.38. The molecule has 1 aromatic heterocycles. The molecular formula is C10H16O2. The minimum absolute atomic E-state index is 0.232. The van der Waals surface area contributed by atoms with Crippen LogP contribution < -0.4 is 0 Å². The third kappa shape index (κ3) is 2.38. The Morgan fingerprint density at radius 3 is 2.75 bits per heavy atom. The van der Waals surface area contributed by atoms with Crippen LogP contribution in [0.1, 0.15) is 25.8 Å². The van der Waals surface area contributed by atoms with Crippen LogP contribution in [-0.2, 0) is 6.42 Å². The van der Waals surface area contributed by atoms with Gasteiger partial charge >= 0.3 is 0 Å². The highest BCUT2D eigenvalue weighted by Crippen LogP contribution is 2.15. The van der Waals surface area contributed by atoms with Gasteiger partial charge in [-0.15, -0.1) is 0 Å². The maximum Gasteiger partial charge on any atom is 0.0934 e. The zero-order chi connectivity index (χ0) is 8.97. The molecule has 0 aromatic carbocycles. The van der Waals surface area contributed by atoms with Gasteiger partial charge < -0.3 is 9.52 Å². The summed E-state index contributed by atoms with van der Waals surface area (Å²) >= 11 is 0. The van der Waals surface area contributed by atoms with E-state index in [9.17, 15) is 5.11 Å². The highest BCUT2D eigenvalue weighted by Gasteiger charge is 2.13. The number of furan rings is 1. The molecule has 1 rings (SSSR count). The number of aliphatic hydroxyl groups excluding tert-OH is 1. The van der Waals surface area contributed by atoms with Gasteiger partial charge in [0.15, 0.2) is 0 Å². The zero-order valence-electron chi connectivity index (χ0n) is 7.66. The van der Waals surface area contributed by atoms with E-state index in [-0.39, 0.29) is 6.10 Å². The van der Waals surface area contributed by atoms with Gasteiger partial charge in [0.05, 0.1) is 18.6 Å². The van der Waals surface area contributed by atoms with E-state index in [4.69, 9.17) is 4.42 Å². The molecule has 1 aromatic rings. The van der Waals surface area contributed by atoms with Crippen LogP contribution in [0.2, 0.25) is 0 Å². The maximum atomic E-state index is 9.38. The molecule has 12 heavy (non-hydrogen) atoms. The molecule has 2 nitrogen and oxygen atoms in total. The van der Waals surface area contributed by atoms with Crippen molar-refractivity contribution in [3.05, 3.63) is 24.2 Å². The van der Waals surface area contributed by atoms with Crippen LogP contribution in [0.5, 0.6) is 0 Å². The van der Waals surface area contributed by atoms with Crippen molar-refractivity contribution in [1.29, 1.82) is 0 Å². The summed E-state index contributed by atoms with van der Waals surface area (Å²) in [5, 5.41) is 9.38.